The first-order valence-corrected chi connectivity index (χ1v) is 5.60. The van der Waals surface area contributed by atoms with Crippen molar-refractivity contribution in [2.45, 2.75) is 6.54 Å². The largest absolute Gasteiger partial charge is 0.486 e. The molecule has 1 aliphatic rings. The fourth-order valence-corrected chi connectivity index (χ4v) is 1.93. The van der Waals surface area contributed by atoms with Crippen LogP contribution in [0.2, 0.25) is 0 Å². The summed E-state index contributed by atoms with van der Waals surface area (Å²) in [6.45, 7) is 9.07. The second-order valence-corrected chi connectivity index (χ2v) is 3.95. The maximum absolute atomic E-state index is 7.01. The Morgan fingerprint density at radius 3 is 3.22 bits per heavy atom. The van der Waals surface area contributed by atoms with E-state index in [1.54, 1.807) is 24.7 Å². The molecule has 6 heteroatoms. The molecule has 3 heterocycles. The number of aromatic amines is 1. The highest BCUT2D eigenvalue weighted by Crippen LogP contribution is 2.32. The molecule has 0 aliphatic carbocycles. The van der Waals surface area contributed by atoms with Crippen molar-refractivity contribution in [3.63, 3.8) is 0 Å². The minimum absolute atomic E-state index is 0.383. The van der Waals surface area contributed by atoms with Crippen LogP contribution in [0.1, 0.15) is 5.69 Å². The third kappa shape index (κ3) is 1.86. The average molecular weight is 241 g/mol. The van der Waals surface area contributed by atoms with Crippen LogP contribution in [-0.4, -0.2) is 28.1 Å². The zero-order valence-corrected chi connectivity index (χ0v) is 9.63. The predicted molar refractivity (Wildman–Crippen MR) is 65.6 cm³/mol. The summed E-state index contributed by atoms with van der Waals surface area (Å²) in [7, 11) is 0. The molecule has 1 N–H and O–H groups in total. The molecule has 0 saturated heterocycles. The summed E-state index contributed by atoms with van der Waals surface area (Å²) >= 11 is 0. The number of rotatable bonds is 2. The highest BCUT2D eigenvalue weighted by Gasteiger charge is 2.23. The topological polar surface area (TPSA) is 58.4 Å². The Hall–Kier alpha value is -2.55. The van der Waals surface area contributed by atoms with Crippen LogP contribution in [-0.2, 0) is 6.54 Å². The number of imidazole rings is 1. The van der Waals surface area contributed by atoms with E-state index in [9.17, 15) is 0 Å². The Balaban J connectivity index is 1.93. The van der Waals surface area contributed by atoms with Gasteiger partial charge in [-0.05, 0) is 12.1 Å². The molecule has 0 fully saturated rings. The van der Waals surface area contributed by atoms with Gasteiger partial charge < -0.3 is 19.5 Å². The Bertz CT molecular complexity index is 587. The van der Waals surface area contributed by atoms with Crippen LogP contribution >= 0.6 is 0 Å². The van der Waals surface area contributed by atoms with Gasteiger partial charge in [-0.2, -0.15) is 0 Å². The highest BCUT2D eigenvalue weighted by molar-refractivity contribution is 5.59. The lowest BCUT2D eigenvalue weighted by atomic mass is 10.3. The monoisotopic (exact) mass is 241 g/mol. The molecule has 18 heavy (non-hydrogen) atoms. The molecular formula is C12H11N5O. The lowest BCUT2D eigenvalue weighted by molar-refractivity contribution is 0.304. The zero-order valence-electron chi connectivity index (χ0n) is 9.63. The summed E-state index contributed by atoms with van der Waals surface area (Å²) in [5, 5.41) is 0. The highest BCUT2D eigenvalue weighted by atomic mass is 16.5. The molecule has 6 nitrogen and oxygen atoms in total. The summed E-state index contributed by atoms with van der Waals surface area (Å²) in [6.07, 6.45) is 3.44. The summed E-state index contributed by atoms with van der Waals surface area (Å²) in [5.74, 6) is 1.84. The Labute approximate surface area is 104 Å². The fraction of sp³-hybridized carbons (Fsp3) is 0.250. The Morgan fingerprint density at radius 1 is 1.50 bits per heavy atom. The molecular weight excluding hydrogens is 230 g/mol. The number of H-pyrrole nitrogens is 1. The van der Waals surface area contributed by atoms with Gasteiger partial charge in [0.05, 0.1) is 25.1 Å². The predicted octanol–water partition coefficient (Wildman–Crippen LogP) is 1.75. The van der Waals surface area contributed by atoms with Gasteiger partial charge in [0.1, 0.15) is 6.61 Å². The van der Waals surface area contributed by atoms with Gasteiger partial charge in [0.15, 0.2) is 5.75 Å². The van der Waals surface area contributed by atoms with Gasteiger partial charge in [0.2, 0.25) is 0 Å². The van der Waals surface area contributed by atoms with E-state index in [0.29, 0.717) is 19.0 Å². The number of pyridine rings is 1. The molecule has 0 amide bonds. The van der Waals surface area contributed by atoms with E-state index in [4.69, 9.17) is 11.3 Å². The first-order chi connectivity index (χ1) is 8.86. The quantitative estimate of drug-likeness (QED) is 0.814. The molecule has 0 bridgehead atoms. The van der Waals surface area contributed by atoms with Gasteiger partial charge in [-0.15, -0.1) is 0 Å². The van der Waals surface area contributed by atoms with Crippen molar-refractivity contribution in [1.29, 1.82) is 0 Å². The standard InChI is InChI=1S/C12H11N5O/c1-13-11-3-2-10-12(16-11)17(4-5-18-10)7-9-6-14-8-15-9/h2-3,6,8H,4-5,7H2,(H,14,15). The van der Waals surface area contributed by atoms with Gasteiger partial charge in [-0.3, -0.25) is 0 Å². The number of ether oxygens (including phenoxy) is 1. The SMILES string of the molecule is [C-]#[N+]c1ccc2c(n1)N(Cc1cnc[nH]1)CCO2. The van der Waals surface area contributed by atoms with Crippen LogP contribution in [0.15, 0.2) is 24.7 Å². The van der Waals surface area contributed by atoms with E-state index in [1.165, 1.54) is 0 Å². The van der Waals surface area contributed by atoms with Gasteiger partial charge in [0.25, 0.3) is 11.6 Å². The zero-order chi connectivity index (χ0) is 12.4. The summed E-state index contributed by atoms with van der Waals surface area (Å²) in [4.78, 5) is 16.8. The van der Waals surface area contributed by atoms with E-state index in [0.717, 1.165) is 23.8 Å². The number of anilines is 1. The number of fused-ring (bicyclic) bond motifs is 1. The van der Waals surface area contributed by atoms with Crippen molar-refractivity contribution in [2.75, 3.05) is 18.1 Å². The molecule has 0 unspecified atom stereocenters. The number of aromatic nitrogens is 3. The molecule has 90 valence electrons. The molecule has 2 aromatic rings. The average Bonchev–Trinajstić information content (AvgIpc) is 2.91. The number of nitrogens with one attached hydrogen (secondary N) is 1. The van der Waals surface area contributed by atoms with E-state index in [2.05, 4.69) is 24.7 Å². The van der Waals surface area contributed by atoms with Crippen molar-refractivity contribution in [1.82, 2.24) is 15.0 Å². The van der Waals surface area contributed by atoms with Crippen LogP contribution in [0.4, 0.5) is 11.6 Å². The van der Waals surface area contributed by atoms with Crippen molar-refractivity contribution in [3.05, 3.63) is 41.8 Å². The number of hydrogen-bond acceptors (Lipinski definition) is 4. The van der Waals surface area contributed by atoms with E-state index in [-0.39, 0.29) is 0 Å². The molecule has 1 aliphatic heterocycles. The van der Waals surface area contributed by atoms with E-state index >= 15 is 0 Å². The van der Waals surface area contributed by atoms with Crippen LogP contribution < -0.4 is 9.64 Å². The maximum Gasteiger partial charge on any atom is 0.272 e. The number of nitrogens with zero attached hydrogens (tertiary/aromatic N) is 4. The molecule has 0 atom stereocenters. The first kappa shape index (κ1) is 10.6. The first-order valence-electron chi connectivity index (χ1n) is 5.60. The van der Waals surface area contributed by atoms with Crippen LogP contribution in [0.25, 0.3) is 4.85 Å². The lowest BCUT2D eigenvalue weighted by Crippen LogP contribution is -2.33. The molecule has 0 saturated carbocycles. The normalized spacial score (nSPS) is 13.6. The molecule has 0 spiro atoms. The van der Waals surface area contributed by atoms with Crippen molar-refractivity contribution in [2.24, 2.45) is 0 Å². The third-order valence-electron chi connectivity index (χ3n) is 2.77. The maximum atomic E-state index is 7.01. The molecule has 0 aromatic carbocycles. The Morgan fingerprint density at radius 2 is 2.44 bits per heavy atom. The third-order valence-corrected chi connectivity index (χ3v) is 2.77. The fourth-order valence-electron chi connectivity index (χ4n) is 1.93. The van der Waals surface area contributed by atoms with Crippen LogP contribution in [0.5, 0.6) is 5.75 Å². The van der Waals surface area contributed by atoms with E-state index < -0.39 is 0 Å². The number of hydrogen-bond donors (Lipinski definition) is 1. The summed E-state index contributed by atoms with van der Waals surface area (Å²) in [5.41, 5.74) is 1.01. The van der Waals surface area contributed by atoms with E-state index in [1.807, 2.05) is 0 Å². The van der Waals surface area contributed by atoms with Crippen LogP contribution in [0.3, 0.4) is 0 Å². The minimum atomic E-state index is 0.383. The molecule has 3 rings (SSSR count). The minimum Gasteiger partial charge on any atom is -0.486 e. The summed E-state index contributed by atoms with van der Waals surface area (Å²) < 4.78 is 5.54. The van der Waals surface area contributed by atoms with Crippen molar-refractivity contribution in [3.8, 4) is 5.75 Å². The second kappa shape index (κ2) is 4.37. The Kier molecular flexibility index (Phi) is 2.57. The van der Waals surface area contributed by atoms with Gasteiger partial charge in [-0.1, -0.05) is 11.6 Å². The van der Waals surface area contributed by atoms with Gasteiger partial charge >= 0.3 is 0 Å². The smallest absolute Gasteiger partial charge is 0.272 e. The van der Waals surface area contributed by atoms with Gasteiger partial charge in [0, 0.05) is 6.20 Å². The summed E-state index contributed by atoms with van der Waals surface area (Å²) in [6, 6.07) is 3.47. The lowest BCUT2D eigenvalue weighted by Gasteiger charge is -2.27. The van der Waals surface area contributed by atoms with Crippen molar-refractivity contribution >= 4 is 11.6 Å². The van der Waals surface area contributed by atoms with Crippen LogP contribution in [0, 0.1) is 6.57 Å². The second-order valence-electron chi connectivity index (χ2n) is 3.95. The molecule has 2 aromatic heterocycles. The van der Waals surface area contributed by atoms with Gasteiger partial charge in [-0.25, -0.2) is 4.98 Å². The van der Waals surface area contributed by atoms with Crippen molar-refractivity contribution < 1.29 is 4.74 Å². The molecule has 0 radical (unpaired) electrons.